The van der Waals surface area contributed by atoms with Crippen LogP contribution in [0.15, 0.2) is 35.5 Å². The number of hydrogen-bond acceptors (Lipinski definition) is 3. The average Bonchev–Trinajstić information content (AvgIpc) is 2.25. The SMILES string of the molecule is COC(=O)/C=C(C)/C=C/[C@H]1C(C)=C[C@H](O)CC1(C)C. The number of carbonyl (C=O) groups excluding carboxylic acids is 1. The standard InChI is InChI=1S/C16H24O3/c1-11(8-15(18)19-5)6-7-14-12(2)9-13(17)10-16(14,3)4/h6-9,13-14,17H,10H2,1-5H3/b7-6+,11-8+/t13-,14-/m0/s1. The van der Waals surface area contributed by atoms with E-state index < -0.39 is 0 Å². The first kappa shape index (κ1) is 15.7. The molecule has 0 spiro atoms. The third-order valence-electron chi connectivity index (χ3n) is 3.62. The van der Waals surface area contributed by atoms with E-state index in [0.717, 1.165) is 12.0 Å². The normalized spacial score (nSPS) is 27.3. The molecule has 0 fully saturated rings. The molecule has 0 aromatic carbocycles. The van der Waals surface area contributed by atoms with Gasteiger partial charge in [0.05, 0.1) is 13.2 Å². The molecule has 2 atom stereocenters. The summed E-state index contributed by atoms with van der Waals surface area (Å²) in [5.41, 5.74) is 2.05. The maximum Gasteiger partial charge on any atom is 0.330 e. The summed E-state index contributed by atoms with van der Waals surface area (Å²) >= 11 is 0. The molecule has 0 saturated heterocycles. The summed E-state index contributed by atoms with van der Waals surface area (Å²) in [6.07, 6.45) is 7.83. The van der Waals surface area contributed by atoms with Gasteiger partial charge < -0.3 is 9.84 Å². The highest BCUT2D eigenvalue weighted by atomic mass is 16.5. The molecule has 0 unspecified atom stereocenters. The first-order valence-electron chi connectivity index (χ1n) is 6.57. The molecule has 1 aliphatic rings. The van der Waals surface area contributed by atoms with Crippen LogP contribution in [-0.2, 0) is 9.53 Å². The highest BCUT2D eigenvalue weighted by molar-refractivity contribution is 5.83. The Morgan fingerprint density at radius 1 is 1.53 bits per heavy atom. The zero-order valence-corrected chi connectivity index (χ0v) is 12.4. The minimum Gasteiger partial charge on any atom is -0.466 e. The number of ether oxygens (including phenoxy) is 1. The van der Waals surface area contributed by atoms with Crippen LogP contribution in [-0.4, -0.2) is 24.3 Å². The number of carbonyl (C=O) groups is 1. The fourth-order valence-corrected chi connectivity index (χ4v) is 2.70. The van der Waals surface area contributed by atoms with Crippen molar-refractivity contribution in [2.75, 3.05) is 7.11 Å². The number of allylic oxidation sites excluding steroid dienone is 4. The van der Waals surface area contributed by atoms with Crippen LogP contribution in [0, 0.1) is 11.3 Å². The quantitative estimate of drug-likeness (QED) is 0.369. The van der Waals surface area contributed by atoms with Crippen molar-refractivity contribution in [2.24, 2.45) is 11.3 Å². The topological polar surface area (TPSA) is 46.5 Å². The van der Waals surface area contributed by atoms with Crippen molar-refractivity contribution < 1.29 is 14.6 Å². The second kappa shape index (κ2) is 6.20. The zero-order valence-electron chi connectivity index (χ0n) is 12.4. The predicted molar refractivity (Wildman–Crippen MR) is 76.6 cm³/mol. The maximum absolute atomic E-state index is 11.1. The number of esters is 1. The third-order valence-corrected chi connectivity index (χ3v) is 3.62. The lowest BCUT2D eigenvalue weighted by Gasteiger charge is -2.38. The minimum absolute atomic E-state index is 0.0142. The molecule has 106 valence electrons. The van der Waals surface area contributed by atoms with E-state index in [0.29, 0.717) is 0 Å². The summed E-state index contributed by atoms with van der Waals surface area (Å²) in [7, 11) is 1.37. The lowest BCUT2D eigenvalue weighted by Crippen LogP contribution is -2.32. The number of hydrogen-bond donors (Lipinski definition) is 1. The van der Waals surface area contributed by atoms with Gasteiger partial charge in [0.1, 0.15) is 0 Å². The van der Waals surface area contributed by atoms with E-state index in [2.05, 4.69) is 24.7 Å². The number of aliphatic hydroxyl groups is 1. The van der Waals surface area contributed by atoms with E-state index in [4.69, 9.17) is 0 Å². The minimum atomic E-state index is -0.355. The summed E-state index contributed by atoms with van der Waals surface area (Å²) < 4.78 is 4.60. The highest BCUT2D eigenvalue weighted by Crippen LogP contribution is 2.41. The molecular weight excluding hydrogens is 240 g/mol. The average molecular weight is 264 g/mol. The monoisotopic (exact) mass is 264 g/mol. The summed E-state index contributed by atoms with van der Waals surface area (Å²) in [5.74, 6) is -0.0652. The Balaban J connectivity index is 2.88. The van der Waals surface area contributed by atoms with E-state index >= 15 is 0 Å². The summed E-state index contributed by atoms with van der Waals surface area (Å²) in [6.45, 7) is 8.22. The molecule has 3 nitrogen and oxygen atoms in total. The van der Waals surface area contributed by atoms with E-state index in [1.54, 1.807) is 0 Å². The fourth-order valence-electron chi connectivity index (χ4n) is 2.70. The predicted octanol–water partition coefficient (Wildman–Crippen LogP) is 3.02. The second-order valence-corrected chi connectivity index (χ2v) is 5.92. The van der Waals surface area contributed by atoms with Gasteiger partial charge in [0.2, 0.25) is 0 Å². The van der Waals surface area contributed by atoms with Crippen molar-refractivity contribution >= 4 is 5.97 Å². The van der Waals surface area contributed by atoms with Crippen LogP contribution >= 0.6 is 0 Å². The molecule has 0 aromatic rings. The molecule has 0 bridgehead atoms. The van der Waals surface area contributed by atoms with Gasteiger partial charge in [0.25, 0.3) is 0 Å². The zero-order chi connectivity index (χ0) is 14.6. The van der Waals surface area contributed by atoms with Gasteiger partial charge in [0.15, 0.2) is 0 Å². The van der Waals surface area contributed by atoms with Gasteiger partial charge in [0, 0.05) is 12.0 Å². The van der Waals surface area contributed by atoms with Gasteiger partial charge >= 0.3 is 5.97 Å². The van der Waals surface area contributed by atoms with Gasteiger partial charge in [-0.2, -0.15) is 0 Å². The van der Waals surface area contributed by atoms with Gasteiger partial charge in [-0.1, -0.05) is 37.6 Å². The number of methoxy groups -OCH3 is 1. The Morgan fingerprint density at radius 3 is 2.68 bits per heavy atom. The van der Waals surface area contributed by atoms with E-state index in [1.165, 1.54) is 18.8 Å². The van der Waals surface area contributed by atoms with Gasteiger partial charge in [-0.05, 0) is 31.3 Å². The molecule has 0 aliphatic heterocycles. The van der Waals surface area contributed by atoms with Gasteiger partial charge in [-0.15, -0.1) is 0 Å². The molecule has 0 amide bonds. The molecule has 0 aromatic heterocycles. The maximum atomic E-state index is 11.1. The van der Waals surface area contributed by atoms with Crippen LogP contribution in [0.25, 0.3) is 0 Å². The van der Waals surface area contributed by atoms with E-state index in [1.807, 2.05) is 26.0 Å². The summed E-state index contributed by atoms with van der Waals surface area (Å²) in [4.78, 5) is 11.1. The van der Waals surface area contributed by atoms with Crippen LogP contribution in [0.1, 0.15) is 34.1 Å². The molecule has 1 N–H and O–H groups in total. The van der Waals surface area contributed by atoms with Crippen molar-refractivity contribution in [2.45, 2.75) is 40.2 Å². The molecule has 0 heterocycles. The Morgan fingerprint density at radius 2 is 2.16 bits per heavy atom. The van der Waals surface area contributed by atoms with Crippen molar-refractivity contribution in [1.29, 1.82) is 0 Å². The molecule has 1 aliphatic carbocycles. The Bertz CT molecular complexity index is 427. The lowest BCUT2D eigenvalue weighted by molar-refractivity contribution is -0.134. The Hall–Kier alpha value is -1.35. The van der Waals surface area contributed by atoms with Crippen LogP contribution in [0.3, 0.4) is 0 Å². The fraction of sp³-hybridized carbons (Fsp3) is 0.562. The van der Waals surface area contributed by atoms with Crippen LogP contribution < -0.4 is 0 Å². The van der Waals surface area contributed by atoms with Crippen LogP contribution in [0.5, 0.6) is 0 Å². The van der Waals surface area contributed by atoms with Crippen LogP contribution in [0.2, 0.25) is 0 Å². The van der Waals surface area contributed by atoms with Crippen molar-refractivity contribution in [3.8, 4) is 0 Å². The first-order chi connectivity index (χ1) is 8.76. The first-order valence-corrected chi connectivity index (χ1v) is 6.57. The largest absolute Gasteiger partial charge is 0.466 e. The molecule has 0 saturated carbocycles. The summed E-state index contributed by atoms with van der Waals surface area (Å²) in [6, 6.07) is 0. The third kappa shape index (κ3) is 4.35. The molecule has 0 radical (unpaired) electrons. The van der Waals surface area contributed by atoms with Crippen molar-refractivity contribution in [3.63, 3.8) is 0 Å². The highest BCUT2D eigenvalue weighted by Gasteiger charge is 2.34. The number of rotatable bonds is 3. The molecule has 1 rings (SSSR count). The molecule has 19 heavy (non-hydrogen) atoms. The van der Waals surface area contributed by atoms with E-state index in [-0.39, 0.29) is 23.4 Å². The van der Waals surface area contributed by atoms with Gasteiger partial charge in [-0.3, -0.25) is 0 Å². The Kier molecular flexibility index (Phi) is 5.12. The van der Waals surface area contributed by atoms with Crippen molar-refractivity contribution in [3.05, 3.63) is 35.5 Å². The molecule has 3 heteroatoms. The number of aliphatic hydroxyl groups excluding tert-OH is 1. The van der Waals surface area contributed by atoms with Crippen LogP contribution in [0.4, 0.5) is 0 Å². The van der Waals surface area contributed by atoms with Crippen molar-refractivity contribution in [1.82, 2.24) is 0 Å². The lowest BCUT2D eigenvalue weighted by atomic mass is 9.67. The Labute approximate surface area is 115 Å². The summed E-state index contributed by atoms with van der Waals surface area (Å²) in [5, 5.41) is 9.79. The smallest absolute Gasteiger partial charge is 0.330 e. The second-order valence-electron chi connectivity index (χ2n) is 5.92. The van der Waals surface area contributed by atoms with E-state index in [9.17, 15) is 9.90 Å². The van der Waals surface area contributed by atoms with Gasteiger partial charge in [-0.25, -0.2) is 4.79 Å². The molecular formula is C16H24O3.